The first kappa shape index (κ1) is 24.2. The summed E-state index contributed by atoms with van der Waals surface area (Å²) in [5.41, 5.74) is 15.8. The van der Waals surface area contributed by atoms with Crippen molar-refractivity contribution in [1.29, 1.82) is 0 Å². The van der Waals surface area contributed by atoms with E-state index in [1.165, 1.54) is 18.1 Å². The van der Waals surface area contributed by atoms with E-state index in [4.69, 9.17) is 16.2 Å². The predicted octanol–water partition coefficient (Wildman–Crippen LogP) is 4.91. The van der Waals surface area contributed by atoms with E-state index in [0.29, 0.717) is 12.2 Å². The summed E-state index contributed by atoms with van der Waals surface area (Å²) in [7, 11) is 0. The van der Waals surface area contributed by atoms with Gasteiger partial charge in [-0.05, 0) is 66.2 Å². The average Bonchev–Trinajstić information content (AvgIpc) is 2.85. The summed E-state index contributed by atoms with van der Waals surface area (Å²) >= 11 is 1.50. The average molecular weight is 463 g/mol. The van der Waals surface area contributed by atoms with Crippen LogP contribution in [0.2, 0.25) is 0 Å². The molecule has 0 saturated carbocycles. The molecule has 172 valence electrons. The number of benzene rings is 3. The zero-order valence-corrected chi connectivity index (χ0v) is 19.7. The fraction of sp³-hybridized carbons (Fsp3) is 0.192. The molecule has 3 rings (SSSR count). The fourth-order valence-electron chi connectivity index (χ4n) is 2.98. The zero-order chi connectivity index (χ0) is 23.7. The highest BCUT2D eigenvalue weighted by Crippen LogP contribution is 2.26. The maximum absolute atomic E-state index is 12.0. The Morgan fingerprint density at radius 2 is 1.67 bits per heavy atom. The summed E-state index contributed by atoms with van der Waals surface area (Å²) in [6.07, 6.45) is 0.979. The van der Waals surface area contributed by atoms with E-state index in [0.717, 1.165) is 27.1 Å². The molecule has 0 spiro atoms. The topological polar surface area (TPSA) is 102 Å². The largest absolute Gasteiger partial charge is 0.445 e. The molecule has 0 unspecified atom stereocenters. The molecule has 3 aromatic carbocycles. The molecule has 6 N–H and O–H groups in total. The second-order valence-corrected chi connectivity index (χ2v) is 8.97. The lowest BCUT2D eigenvalue weighted by Crippen LogP contribution is -2.40. The van der Waals surface area contributed by atoms with Gasteiger partial charge in [-0.25, -0.2) is 9.52 Å². The van der Waals surface area contributed by atoms with Gasteiger partial charge in [-0.1, -0.05) is 60.7 Å². The van der Waals surface area contributed by atoms with E-state index in [1.54, 1.807) is 0 Å². The van der Waals surface area contributed by atoms with Crippen molar-refractivity contribution in [2.75, 3.05) is 0 Å². The van der Waals surface area contributed by atoms with E-state index in [2.05, 4.69) is 40.4 Å². The number of alkyl carbamates (subject to hydrolysis) is 1. The SMILES string of the molecule is CC(C)(NSc1ccc(-c2cccc(CNC(=O)OCc3ccccc3)c2)cc1)/C(N)=C/N. The third kappa shape index (κ3) is 7.30. The lowest BCUT2D eigenvalue weighted by atomic mass is 10.0. The molecule has 0 radical (unpaired) electrons. The monoisotopic (exact) mass is 462 g/mol. The normalized spacial score (nSPS) is 11.8. The van der Waals surface area contributed by atoms with Crippen molar-refractivity contribution in [2.24, 2.45) is 11.5 Å². The van der Waals surface area contributed by atoms with E-state index in [-0.39, 0.29) is 6.61 Å². The summed E-state index contributed by atoms with van der Waals surface area (Å²) < 4.78 is 8.60. The highest BCUT2D eigenvalue weighted by Gasteiger charge is 2.20. The first-order valence-electron chi connectivity index (χ1n) is 10.6. The van der Waals surface area contributed by atoms with Gasteiger partial charge < -0.3 is 21.5 Å². The third-order valence-electron chi connectivity index (χ3n) is 5.09. The summed E-state index contributed by atoms with van der Waals surface area (Å²) in [6.45, 7) is 4.59. The van der Waals surface area contributed by atoms with Crippen LogP contribution in [0.4, 0.5) is 4.79 Å². The number of carbonyl (C=O) groups excluding carboxylic acids is 1. The first-order valence-corrected chi connectivity index (χ1v) is 11.4. The standard InChI is InChI=1S/C26H30N4O2S/c1-26(2,24(28)16-27)30-33-23-13-11-21(12-14-23)22-10-6-9-20(15-22)17-29-25(31)32-18-19-7-4-3-5-8-19/h3-16,30H,17-18,27-28H2,1-2H3,(H,29,31)/b24-16-. The van der Waals surface area contributed by atoms with Crippen LogP contribution in [0.5, 0.6) is 0 Å². The van der Waals surface area contributed by atoms with E-state index >= 15 is 0 Å². The van der Waals surface area contributed by atoms with E-state index in [1.807, 2.05) is 62.4 Å². The highest BCUT2D eigenvalue weighted by molar-refractivity contribution is 7.97. The molecule has 3 aromatic rings. The molecule has 0 fully saturated rings. The smallest absolute Gasteiger partial charge is 0.407 e. The van der Waals surface area contributed by atoms with Crippen LogP contribution < -0.4 is 21.5 Å². The van der Waals surface area contributed by atoms with Crippen molar-refractivity contribution in [3.63, 3.8) is 0 Å². The molecule has 0 aromatic heterocycles. The molecule has 0 bridgehead atoms. The van der Waals surface area contributed by atoms with Crippen molar-refractivity contribution in [2.45, 2.75) is 37.4 Å². The van der Waals surface area contributed by atoms with Crippen molar-refractivity contribution in [3.05, 3.63) is 102 Å². The lowest BCUT2D eigenvalue weighted by Gasteiger charge is -2.25. The molecular formula is C26H30N4O2S. The zero-order valence-electron chi connectivity index (χ0n) is 18.9. The molecule has 0 aliphatic carbocycles. The molecular weight excluding hydrogens is 432 g/mol. The summed E-state index contributed by atoms with van der Waals surface area (Å²) in [4.78, 5) is 13.1. The molecule has 6 nitrogen and oxygen atoms in total. The maximum atomic E-state index is 12.0. The quantitative estimate of drug-likeness (QED) is 0.337. The fourth-order valence-corrected chi connectivity index (χ4v) is 3.74. The van der Waals surface area contributed by atoms with Crippen LogP contribution >= 0.6 is 11.9 Å². The second-order valence-electron chi connectivity index (χ2n) is 8.09. The number of nitrogens with two attached hydrogens (primary N) is 2. The second kappa shape index (κ2) is 11.4. The predicted molar refractivity (Wildman–Crippen MR) is 135 cm³/mol. The number of ether oxygens (including phenoxy) is 1. The first-order chi connectivity index (χ1) is 15.9. The third-order valence-corrected chi connectivity index (χ3v) is 6.21. The van der Waals surface area contributed by atoms with Crippen LogP contribution in [0.3, 0.4) is 0 Å². The Bertz CT molecular complexity index is 1080. The minimum absolute atomic E-state index is 0.248. The molecule has 0 atom stereocenters. The lowest BCUT2D eigenvalue weighted by molar-refractivity contribution is 0.139. The number of nitrogens with one attached hydrogen (secondary N) is 2. The number of rotatable bonds is 9. The minimum atomic E-state index is -0.439. The van der Waals surface area contributed by atoms with Crippen molar-refractivity contribution >= 4 is 18.0 Å². The Labute approximate surface area is 199 Å². The van der Waals surface area contributed by atoms with Gasteiger partial charge in [0.25, 0.3) is 0 Å². The van der Waals surface area contributed by atoms with Gasteiger partial charge in [0.1, 0.15) is 6.61 Å². The Balaban J connectivity index is 1.54. The van der Waals surface area contributed by atoms with Gasteiger partial charge in [-0.3, -0.25) is 0 Å². The van der Waals surface area contributed by atoms with Crippen LogP contribution in [-0.2, 0) is 17.9 Å². The number of hydrogen-bond donors (Lipinski definition) is 4. The molecule has 1 amide bonds. The van der Waals surface area contributed by atoms with Crippen LogP contribution in [0, 0.1) is 0 Å². The Kier molecular flexibility index (Phi) is 8.40. The van der Waals surface area contributed by atoms with Crippen molar-refractivity contribution in [1.82, 2.24) is 10.0 Å². The van der Waals surface area contributed by atoms with Crippen LogP contribution in [0.25, 0.3) is 11.1 Å². The Hall–Kier alpha value is -3.42. The van der Waals surface area contributed by atoms with Gasteiger partial charge in [0, 0.05) is 23.3 Å². The molecule has 0 aliphatic rings. The van der Waals surface area contributed by atoms with Crippen molar-refractivity contribution in [3.8, 4) is 11.1 Å². The molecule has 0 saturated heterocycles. The molecule has 0 aliphatic heterocycles. The van der Waals surface area contributed by atoms with E-state index in [9.17, 15) is 4.79 Å². The summed E-state index contributed by atoms with van der Waals surface area (Å²) in [6, 6.07) is 25.9. The van der Waals surface area contributed by atoms with Crippen LogP contribution in [0.15, 0.2) is 95.7 Å². The number of amides is 1. The van der Waals surface area contributed by atoms with Crippen LogP contribution in [-0.4, -0.2) is 11.6 Å². The van der Waals surface area contributed by atoms with Crippen molar-refractivity contribution < 1.29 is 9.53 Å². The molecule has 33 heavy (non-hydrogen) atoms. The summed E-state index contributed by atoms with van der Waals surface area (Å²) in [5.74, 6) is 0. The van der Waals surface area contributed by atoms with E-state index < -0.39 is 11.6 Å². The maximum Gasteiger partial charge on any atom is 0.407 e. The van der Waals surface area contributed by atoms with Gasteiger partial charge in [0.2, 0.25) is 0 Å². The Morgan fingerprint density at radius 3 is 2.36 bits per heavy atom. The molecule has 7 heteroatoms. The van der Waals surface area contributed by atoms with Gasteiger partial charge in [0.05, 0.1) is 5.54 Å². The van der Waals surface area contributed by atoms with Gasteiger partial charge >= 0.3 is 6.09 Å². The summed E-state index contributed by atoms with van der Waals surface area (Å²) in [5, 5.41) is 2.81. The van der Waals surface area contributed by atoms with Crippen LogP contribution in [0.1, 0.15) is 25.0 Å². The minimum Gasteiger partial charge on any atom is -0.445 e. The Morgan fingerprint density at radius 1 is 0.970 bits per heavy atom. The van der Waals surface area contributed by atoms with Gasteiger partial charge in [0.15, 0.2) is 0 Å². The molecule has 0 heterocycles. The van der Waals surface area contributed by atoms with Gasteiger partial charge in [-0.2, -0.15) is 0 Å². The highest BCUT2D eigenvalue weighted by atomic mass is 32.2. The number of hydrogen-bond acceptors (Lipinski definition) is 6. The van der Waals surface area contributed by atoms with Gasteiger partial charge in [-0.15, -0.1) is 0 Å². The number of carbonyl (C=O) groups is 1.